The highest BCUT2D eigenvalue weighted by Crippen LogP contribution is 2.45. The molecular weight excluding hydrogens is 709 g/mol. The summed E-state index contributed by atoms with van der Waals surface area (Å²) >= 11 is 0. The molecule has 2 amide bonds. The zero-order chi connectivity index (χ0) is 39.0. The van der Waals surface area contributed by atoms with Gasteiger partial charge in [0.05, 0.1) is 24.7 Å². The molecule has 0 radical (unpaired) electrons. The van der Waals surface area contributed by atoms with Crippen molar-refractivity contribution >= 4 is 12.0 Å². The molecule has 8 heteroatoms. The topological polar surface area (TPSA) is 105 Å². The van der Waals surface area contributed by atoms with E-state index in [1.54, 1.807) is 6.33 Å². The number of alkyl carbamates (subject to hydrolysis) is 1. The van der Waals surface area contributed by atoms with Gasteiger partial charge in [-0.05, 0) is 50.9 Å². The Bertz CT molecular complexity index is 2280. The third-order valence-electron chi connectivity index (χ3n) is 10.9. The van der Waals surface area contributed by atoms with Gasteiger partial charge in [-0.1, -0.05) is 170 Å². The summed E-state index contributed by atoms with van der Waals surface area (Å²) in [5.74, 6) is -0.591. The maximum Gasteiger partial charge on any atom is 0.407 e. The Hall–Kier alpha value is -6.77. The van der Waals surface area contributed by atoms with E-state index in [0.717, 1.165) is 44.5 Å². The van der Waals surface area contributed by atoms with Crippen LogP contribution in [-0.2, 0) is 27.9 Å². The largest absolute Gasteiger partial charge is 0.449 e. The van der Waals surface area contributed by atoms with E-state index in [1.807, 2.05) is 115 Å². The van der Waals surface area contributed by atoms with E-state index in [4.69, 9.17) is 9.72 Å². The SMILES string of the molecule is O=C(N[C@@H](Cc1cn(C(c2ccccc2)(c2ccccc2)c2ccccc2)cn1)C(=O)N[C@H](CO)Cc1ccccc1)OCC1c2ccccc2-c2ccccc21. The van der Waals surface area contributed by atoms with Crippen LogP contribution >= 0.6 is 0 Å². The molecule has 7 aromatic rings. The fraction of sp³-hybridized carbons (Fsp3) is 0.163. The summed E-state index contributed by atoms with van der Waals surface area (Å²) in [6.45, 7) is -0.176. The lowest BCUT2D eigenvalue weighted by molar-refractivity contribution is -0.124. The number of hydrogen-bond acceptors (Lipinski definition) is 5. The Morgan fingerprint density at radius 1 is 0.649 bits per heavy atom. The quantitative estimate of drug-likeness (QED) is 0.0981. The van der Waals surface area contributed by atoms with Crippen LogP contribution in [0, 0.1) is 0 Å². The van der Waals surface area contributed by atoms with E-state index < -0.39 is 29.6 Å². The number of amides is 2. The fourth-order valence-corrected chi connectivity index (χ4v) is 8.20. The number of benzene rings is 6. The number of imidazole rings is 1. The normalized spacial score (nSPS) is 13.2. The first-order chi connectivity index (χ1) is 28.0. The third-order valence-corrected chi connectivity index (χ3v) is 10.9. The second-order valence-electron chi connectivity index (χ2n) is 14.4. The smallest absolute Gasteiger partial charge is 0.407 e. The molecule has 2 atom stereocenters. The minimum atomic E-state index is -1.06. The van der Waals surface area contributed by atoms with Crippen LogP contribution in [-0.4, -0.2) is 52.0 Å². The van der Waals surface area contributed by atoms with Crippen LogP contribution < -0.4 is 10.6 Å². The molecule has 1 aliphatic rings. The first-order valence-corrected chi connectivity index (χ1v) is 19.3. The van der Waals surface area contributed by atoms with Crippen LogP contribution in [0.5, 0.6) is 0 Å². The molecule has 8 rings (SSSR count). The number of rotatable bonds is 14. The van der Waals surface area contributed by atoms with Crippen LogP contribution in [0.2, 0.25) is 0 Å². The second-order valence-corrected chi connectivity index (χ2v) is 14.4. The van der Waals surface area contributed by atoms with E-state index in [1.165, 1.54) is 0 Å². The molecule has 8 nitrogen and oxygen atoms in total. The number of aliphatic hydroxyl groups excluding tert-OH is 1. The van der Waals surface area contributed by atoms with Gasteiger partial charge in [0, 0.05) is 18.5 Å². The van der Waals surface area contributed by atoms with Gasteiger partial charge in [-0.15, -0.1) is 0 Å². The zero-order valence-corrected chi connectivity index (χ0v) is 31.4. The molecule has 0 spiro atoms. The number of hydrogen-bond donors (Lipinski definition) is 3. The molecule has 0 aliphatic heterocycles. The van der Waals surface area contributed by atoms with Crippen LogP contribution in [0.25, 0.3) is 11.1 Å². The van der Waals surface area contributed by atoms with Gasteiger partial charge in [0.25, 0.3) is 0 Å². The summed E-state index contributed by atoms with van der Waals surface area (Å²) in [5, 5.41) is 16.2. The Morgan fingerprint density at radius 3 is 1.67 bits per heavy atom. The summed E-state index contributed by atoms with van der Waals surface area (Å²) in [4.78, 5) is 32.7. The molecule has 0 saturated carbocycles. The fourth-order valence-electron chi connectivity index (χ4n) is 8.20. The third kappa shape index (κ3) is 7.72. The Morgan fingerprint density at radius 2 is 1.14 bits per heavy atom. The predicted octanol–water partition coefficient (Wildman–Crippen LogP) is 7.89. The van der Waals surface area contributed by atoms with E-state index in [2.05, 4.69) is 75.9 Å². The van der Waals surface area contributed by atoms with Crippen molar-refractivity contribution in [3.63, 3.8) is 0 Å². The highest BCUT2D eigenvalue weighted by Gasteiger charge is 2.39. The molecule has 0 saturated heterocycles. The molecular formula is C49H44N4O4. The molecule has 6 aromatic carbocycles. The summed E-state index contributed by atoms with van der Waals surface area (Å²) in [6, 6.07) is 55.1. The van der Waals surface area contributed by atoms with Crippen LogP contribution in [0.15, 0.2) is 182 Å². The lowest BCUT2D eigenvalue weighted by Crippen LogP contribution is -2.52. The number of fused-ring (bicyclic) bond motifs is 3. The van der Waals surface area contributed by atoms with Crippen molar-refractivity contribution in [3.05, 3.63) is 221 Å². The van der Waals surface area contributed by atoms with E-state index >= 15 is 0 Å². The number of carbonyl (C=O) groups is 2. The predicted molar refractivity (Wildman–Crippen MR) is 222 cm³/mol. The van der Waals surface area contributed by atoms with Gasteiger partial charge in [-0.3, -0.25) is 4.79 Å². The Labute approximate surface area is 332 Å². The van der Waals surface area contributed by atoms with Crippen molar-refractivity contribution in [2.45, 2.75) is 36.4 Å². The van der Waals surface area contributed by atoms with Crippen molar-refractivity contribution in [3.8, 4) is 11.1 Å². The molecule has 0 unspecified atom stereocenters. The van der Waals surface area contributed by atoms with Crippen molar-refractivity contribution < 1.29 is 19.4 Å². The second kappa shape index (κ2) is 16.9. The highest BCUT2D eigenvalue weighted by atomic mass is 16.5. The maximum absolute atomic E-state index is 14.2. The van der Waals surface area contributed by atoms with Crippen molar-refractivity contribution in [2.75, 3.05) is 13.2 Å². The van der Waals surface area contributed by atoms with Crippen molar-refractivity contribution in [1.29, 1.82) is 0 Å². The average molecular weight is 753 g/mol. The molecule has 1 aromatic heterocycles. The number of carbonyl (C=O) groups excluding carboxylic acids is 2. The first-order valence-electron chi connectivity index (χ1n) is 19.3. The van der Waals surface area contributed by atoms with Gasteiger partial charge in [0.1, 0.15) is 18.2 Å². The number of aliphatic hydroxyl groups is 1. The lowest BCUT2D eigenvalue weighted by Gasteiger charge is -2.37. The summed E-state index contributed by atoms with van der Waals surface area (Å²) < 4.78 is 7.99. The van der Waals surface area contributed by atoms with Crippen molar-refractivity contribution in [1.82, 2.24) is 20.2 Å². The Kier molecular flexibility index (Phi) is 11.0. The van der Waals surface area contributed by atoms with Gasteiger partial charge in [-0.2, -0.15) is 0 Å². The van der Waals surface area contributed by atoms with Gasteiger partial charge in [0.2, 0.25) is 5.91 Å². The molecule has 3 N–H and O–H groups in total. The van der Waals surface area contributed by atoms with Gasteiger partial charge < -0.3 is 25.0 Å². The molecule has 0 bridgehead atoms. The zero-order valence-electron chi connectivity index (χ0n) is 31.4. The summed E-state index contributed by atoms with van der Waals surface area (Å²) in [5.41, 5.74) is 8.29. The molecule has 1 heterocycles. The maximum atomic E-state index is 14.2. The molecule has 57 heavy (non-hydrogen) atoms. The first kappa shape index (κ1) is 37.2. The van der Waals surface area contributed by atoms with Gasteiger partial charge in [-0.25, -0.2) is 9.78 Å². The number of nitrogens with one attached hydrogen (secondary N) is 2. The highest BCUT2D eigenvalue weighted by molar-refractivity contribution is 5.86. The lowest BCUT2D eigenvalue weighted by atomic mass is 9.77. The Balaban J connectivity index is 1.09. The van der Waals surface area contributed by atoms with E-state index in [9.17, 15) is 14.7 Å². The summed E-state index contributed by atoms with van der Waals surface area (Å²) in [7, 11) is 0. The molecule has 1 aliphatic carbocycles. The number of nitrogens with zero attached hydrogens (tertiary/aromatic N) is 2. The van der Waals surface area contributed by atoms with E-state index in [-0.39, 0.29) is 25.6 Å². The van der Waals surface area contributed by atoms with Crippen molar-refractivity contribution in [2.24, 2.45) is 0 Å². The van der Waals surface area contributed by atoms with Gasteiger partial charge >= 0.3 is 6.09 Å². The number of aromatic nitrogens is 2. The minimum absolute atomic E-state index is 0.0704. The van der Waals surface area contributed by atoms with Gasteiger partial charge in [0.15, 0.2) is 0 Å². The molecule has 284 valence electrons. The standard InChI is InChI=1S/C49H44N4O4/c54-32-40(29-35-17-5-1-6-18-35)51-47(55)46(52-48(56)57-33-45-43-27-15-13-25-41(43)42-26-14-16-28-44(42)45)30-39-31-53(34-50-39)49(36-19-7-2-8-20-36,37-21-9-3-10-22-37)38-23-11-4-12-24-38/h1-28,31,34,40,45-46,54H,29-30,32-33H2,(H,51,55)(H,52,56)/t40-,46-/m0/s1. The molecule has 0 fully saturated rings. The minimum Gasteiger partial charge on any atom is -0.449 e. The van der Waals surface area contributed by atoms with Crippen LogP contribution in [0.1, 0.15) is 45.0 Å². The van der Waals surface area contributed by atoms with E-state index in [0.29, 0.717) is 12.1 Å². The monoisotopic (exact) mass is 752 g/mol. The number of ether oxygens (including phenoxy) is 1. The summed E-state index contributed by atoms with van der Waals surface area (Å²) in [6.07, 6.45) is 3.51. The van der Waals surface area contributed by atoms with Crippen LogP contribution in [0.3, 0.4) is 0 Å². The van der Waals surface area contributed by atoms with Crippen LogP contribution in [0.4, 0.5) is 4.79 Å². The average Bonchev–Trinajstić information content (AvgIpc) is 3.87.